The van der Waals surface area contributed by atoms with E-state index in [4.69, 9.17) is 18.6 Å². The van der Waals surface area contributed by atoms with Gasteiger partial charge in [0, 0.05) is 38.2 Å². The van der Waals surface area contributed by atoms with E-state index in [0.29, 0.717) is 18.5 Å². The molecule has 2 aromatic rings. The zero-order valence-corrected chi connectivity index (χ0v) is 13.7. The fraction of sp³-hybridized carbons (Fsp3) is 0.529. The molecule has 2 aliphatic heterocycles. The normalized spacial score (nSPS) is 20.3. The second-order valence-electron chi connectivity index (χ2n) is 6.18. The Hall–Kier alpha value is -2.12. The molecule has 0 aliphatic carbocycles. The molecular formula is C17H21N3O4. The third-order valence-corrected chi connectivity index (χ3v) is 4.67. The molecule has 128 valence electrons. The largest absolute Gasteiger partial charge is 0.497 e. The fourth-order valence-corrected chi connectivity index (χ4v) is 3.25. The molecule has 1 spiro atoms. The van der Waals surface area contributed by atoms with Crippen molar-refractivity contribution in [2.24, 2.45) is 0 Å². The van der Waals surface area contributed by atoms with Crippen LogP contribution in [0.1, 0.15) is 12.8 Å². The van der Waals surface area contributed by atoms with Crippen molar-refractivity contribution in [2.45, 2.75) is 18.4 Å². The van der Waals surface area contributed by atoms with E-state index in [1.54, 1.807) is 7.11 Å². The van der Waals surface area contributed by atoms with E-state index < -0.39 is 0 Å². The number of benzene rings is 1. The Morgan fingerprint density at radius 1 is 1.08 bits per heavy atom. The van der Waals surface area contributed by atoms with Crippen molar-refractivity contribution in [3.05, 3.63) is 24.3 Å². The molecule has 2 aliphatic rings. The molecule has 1 aromatic heterocycles. The predicted octanol–water partition coefficient (Wildman–Crippen LogP) is 2.13. The van der Waals surface area contributed by atoms with E-state index in [9.17, 15) is 0 Å². The van der Waals surface area contributed by atoms with E-state index in [1.807, 2.05) is 24.3 Å². The summed E-state index contributed by atoms with van der Waals surface area (Å²) < 4.78 is 22.6. The van der Waals surface area contributed by atoms with Crippen LogP contribution in [0.25, 0.3) is 11.5 Å². The first-order valence-electron chi connectivity index (χ1n) is 8.23. The predicted molar refractivity (Wildman–Crippen MR) is 87.2 cm³/mol. The van der Waals surface area contributed by atoms with E-state index in [-0.39, 0.29) is 5.60 Å². The van der Waals surface area contributed by atoms with E-state index >= 15 is 0 Å². The summed E-state index contributed by atoms with van der Waals surface area (Å²) in [5.74, 6) is 1.31. The van der Waals surface area contributed by atoms with Crippen LogP contribution in [0.2, 0.25) is 0 Å². The second-order valence-corrected chi connectivity index (χ2v) is 6.18. The van der Waals surface area contributed by atoms with Crippen LogP contribution < -0.4 is 9.64 Å². The highest BCUT2D eigenvalue weighted by Crippen LogP contribution is 2.32. The third kappa shape index (κ3) is 2.97. The summed E-state index contributed by atoms with van der Waals surface area (Å²) in [5, 5.41) is 8.41. The molecule has 3 heterocycles. The first-order chi connectivity index (χ1) is 11.8. The maximum Gasteiger partial charge on any atom is 0.318 e. The number of nitrogens with zero attached hydrogens (tertiary/aromatic N) is 3. The van der Waals surface area contributed by atoms with Gasteiger partial charge in [-0.2, -0.15) is 0 Å². The lowest BCUT2D eigenvalue weighted by Gasteiger charge is -2.44. The standard InChI is InChI=1S/C17H21N3O4/c1-21-14-4-2-13(3-5-14)15-18-19-16(24-15)20-8-11-23-17(12-20)6-9-22-10-7-17/h2-5H,6-12H2,1H3. The highest BCUT2D eigenvalue weighted by molar-refractivity contribution is 5.55. The molecule has 7 nitrogen and oxygen atoms in total. The summed E-state index contributed by atoms with van der Waals surface area (Å²) in [7, 11) is 1.64. The molecule has 24 heavy (non-hydrogen) atoms. The first-order valence-corrected chi connectivity index (χ1v) is 8.23. The van der Waals surface area contributed by atoms with Gasteiger partial charge < -0.3 is 23.5 Å². The molecule has 0 radical (unpaired) electrons. The number of rotatable bonds is 3. The van der Waals surface area contributed by atoms with Gasteiger partial charge in [-0.1, -0.05) is 5.10 Å². The number of aromatic nitrogens is 2. The second kappa shape index (κ2) is 6.41. The number of morpholine rings is 1. The smallest absolute Gasteiger partial charge is 0.318 e. The summed E-state index contributed by atoms with van der Waals surface area (Å²) >= 11 is 0. The lowest BCUT2D eigenvalue weighted by atomic mass is 9.92. The molecule has 0 N–H and O–H groups in total. The molecule has 7 heteroatoms. The minimum Gasteiger partial charge on any atom is -0.497 e. The van der Waals surface area contributed by atoms with Gasteiger partial charge in [-0.25, -0.2) is 0 Å². The van der Waals surface area contributed by atoms with Gasteiger partial charge in [0.25, 0.3) is 0 Å². The van der Waals surface area contributed by atoms with Crippen molar-refractivity contribution in [1.29, 1.82) is 0 Å². The summed E-state index contributed by atoms with van der Waals surface area (Å²) in [6.45, 7) is 3.68. The minimum atomic E-state index is -0.148. The van der Waals surface area contributed by atoms with Gasteiger partial charge in [0.1, 0.15) is 5.75 Å². The SMILES string of the molecule is COc1ccc(-c2nnc(N3CCOC4(CCOCC4)C3)o2)cc1. The first kappa shape index (κ1) is 15.4. The Balaban J connectivity index is 1.51. The van der Waals surface area contributed by atoms with Crippen LogP contribution in [0.5, 0.6) is 5.75 Å². The molecule has 0 bridgehead atoms. The Bertz CT molecular complexity index is 674. The monoisotopic (exact) mass is 331 g/mol. The summed E-state index contributed by atoms with van der Waals surface area (Å²) in [6, 6.07) is 8.13. The summed E-state index contributed by atoms with van der Waals surface area (Å²) in [5.41, 5.74) is 0.731. The van der Waals surface area contributed by atoms with Gasteiger partial charge >= 0.3 is 6.01 Å². The highest BCUT2D eigenvalue weighted by atomic mass is 16.5. The lowest BCUT2D eigenvalue weighted by Crippen LogP contribution is -2.54. The van der Waals surface area contributed by atoms with Gasteiger partial charge in [0.15, 0.2) is 0 Å². The molecule has 2 saturated heterocycles. The van der Waals surface area contributed by atoms with Crippen molar-refractivity contribution >= 4 is 6.01 Å². The van der Waals surface area contributed by atoms with Gasteiger partial charge in [-0.05, 0) is 24.3 Å². The van der Waals surface area contributed by atoms with Crippen molar-refractivity contribution < 1.29 is 18.6 Å². The third-order valence-electron chi connectivity index (χ3n) is 4.67. The van der Waals surface area contributed by atoms with Crippen LogP contribution in [0.15, 0.2) is 28.7 Å². The highest BCUT2D eigenvalue weighted by Gasteiger charge is 2.39. The number of hydrogen-bond acceptors (Lipinski definition) is 7. The number of anilines is 1. The Kier molecular flexibility index (Phi) is 4.12. The number of methoxy groups -OCH3 is 1. The quantitative estimate of drug-likeness (QED) is 0.853. The summed E-state index contributed by atoms with van der Waals surface area (Å²) in [6.07, 6.45) is 1.81. The van der Waals surface area contributed by atoms with Crippen molar-refractivity contribution in [3.8, 4) is 17.2 Å². The van der Waals surface area contributed by atoms with Crippen molar-refractivity contribution in [2.75, 3.05) is 44.9 Å². The maximum absolute atomic E-state index is 6.05. The Morgan fingerprint density at radius 2 is 1.88 bits per heavy atom. The number of hydrogen-bond donors (Lipinski definition) is 0. The van der Waals surface area contributed by atoms with Crippen molar-refractivity contribution in [1.82, 2.24) is 10.2 Å². The Labute approximate surface area is 140 Å². The van der Waals surface area contributed by atoms with Gasteiger partial charge in [0.2, 0.25) is 5.89 Å². The average molecular weight is 331 g/mol. The fourth-order valence-electron chi connectivity index (χ4n) is 3.25. The van der Waals surface area contributed by atoms with Crippen LogP contribution in [0, 0.1) is 0 Å². The molecule has 0 saturated carbocycles. The molecule has 0 unspecified atom stereocenters. The van der Waals surface area contributed by atoms with Crippen LogP contribution in [-0.4, -0.2) is 55.8 Å². The van der Waals surface area contributed by atoms with Crippen LogP contribution in [-0.2, 0) is 9.47 Å². The zero-order chi connectivity index (χ0) is 16.4. The average Bonchev–Trinajstić information content (AvgIpc) is 3.13. The zero-order valence-electron chi connectivity index (χ0n) is 13.7. The molecular weight excluding hydrogens is 310 g/mol. The Morgan fingerprint density at radius 3 is 2.62 bits per heavy atom. The molecule has 2 fully saturated rings. The number of ether oxygens (including phenoxy) is 3. The topological polar surface area (TPSA) is 69.9 Å². The molecule has 1 aromatic carbocycles. The lowest BCUT2D eigenvalue weighted by molar-refractivity contribution is -0.117. The van der Waals surface area contributed by atoms with Crippen molar-refractivity contribution in [3.63, 3.8) is 0 Å². The molecule has 0 atom stereocenters. The van der Waals surface area contributed by atoms with Gasteiger partial charge in [0.05, 0.1) is 25.9 Å². The van der Waals surface area contributed by atoms with E-state index in [1.165, 1.54) is 0 Å². The maximum atomic E-state index is 6.05. The van der Waals surface area contributed by atoms with Crippen LogP contribution >= 0.6 is 0 Å². The summed E-state index contributed by atoms with van der Waals surface area (Å²) in [4.78, 5) is 2.12. The molecule has 4 rings (SSSR count). The van der Waals surface area contributed by atoms with Crippen LogP contribution in [0.4, 0.5) is 6.01 Å². The van der Waals surface area contributed by atoms with Gasteiger partial charge in [-0.15, -0.1) is 5.10 Å². The van der Waals surface area contributed by atoms with Gasteiger partial charge in [-0.3, -0.25) is 0 Å². The van der Waals surface area contributed by atoms with E-state index in [0.717, 1.165) is 50.5 Å². The minimum absolute atomic E-state index is 0.148. The molecule has 0 amide bonds. The van der Waals surface area contributed by atoms with E-state index in [2.05, 4.69) is 15.1 Å². The van der Waals surface area contributed by atoms with Crippen LogP contribution in [0.3, 0.4) is 0 Å².